The van der Waals surface area contributed by atoms with E-state index in [0.29, 0.717) is 12.8 Å². The average molecular weight is 202 g/mol. The fourth-order valence-corrected chi connectivity index (χ4v) is 1.27. The fourth-order valence-electron chi connectivity index (χ4n) is 1.27. The van der Waals surface area contributed by atoms with Gasteiger partial charge in [0.2, 0.25) is 0 Å². The molecule has 0 aliphatic heterocycles. The van der Waals surface area contributed by atoms with Gasteiger partial charge in [0.05, 0.1) is 0 Å². The maximum Gasteiger partial charge on any atom is 0.303 e. The summed E-state index contributed by atoms with van der Waals surface area (Å²) in [4.78, 5) is 20.6. The van der Waals surface area contributed by atoms with Gasteiger partial charge in [-0.15, -0.1) is 0 Å². The van der Waals surface area contributed by atoms with Gasteiger partial charge in [-0.05, 0) is 24.7 Å². The summed E-state index contributed by atoms with van der Waals surface area (Å²) in [6, 6.07) is 0. The van der Waals surface area contributed by atoms with Crippen molar-refractivity contribution in [2.24, 2.45) is 11.8 Å². The van der Waals surface area contributed by atoms with Gasteiger partial charge in [-0.3, -0.25) is 9.59 Å². The average Bonchev–Trinajstić information content (AvgIpc) is 2.09. The van der Waals surface area contributed by atoms with Crippen LogP contribution < -0.4 is 0 Å². The van der Waals surface area contributed by atoms with Crippen LogP contribution in [-0.2, 0) is 9.59 Å². The summed E-state index contributed by atoms with van der Waals surface area (Å²) in [6.07, 6.45) is 1.57. The molecular formula is C10H18O4. The van der Waals surface area contributed by atoms with Gasteiger partial charge in [0.1, 0.15) is 0 Å². The molecule has 4 heteroatoms. The molecule has 0 aliphatic rings. The molecule has 0 amide bonds. The van der Waals surface area contributed by atoms with E-state index in [-0.39, 0.29) is 24.7 Å². The Labute approximate surface area is 83.9 Å². The van der Waals surface area contributed by atoms with Crippen LogP contribution in [0, 0.1) is 11.8 Å². The van der Waals surface area contributed by atoms with Crippen molar-refractivity contribution in [1.82, 2.24) is 0 Å². The number of carbonyl (C=O) groups is 2. The zero-order valence-corrected chi connectivity index (χ0v) is 8.69. The quantitative estimate of drug-likeness (QED) is 0.662. The molecule has 82 valence electrons. The first kappa shape index (κ1) is 12.9. The van der Waals surface area contributed by atoms with E-state index in [1.54, 1.807) is 0 Å². The first-order chi connectivity index (χ1) is 6.43. The Kier molecular flexibility index (Phi) is 5.92. The van der Waals surface area contributed by atoms with E-state index in [0.717, 1.165) is 0 Å². The number of rotatable bonds is 7. The molecule has 0 rings (SSSR count). The van der Waals surface area contributed by atoms with Crippen molar-refractivity contribution in [2.45, 2.75) is 39.5 Å². The Bertz CT molecular complexity index is 178. The first-order valence-corrected chi connectivity index (χ1v) is 4.87. The molecule has 0 fully saturated rings. The SMILES string of the molecule is CC(CCC(=O)O)C(C)CCC(=O)O. The molecule has 0 aliphatic carbocycles. The molecule has 0 radical (unpaired) electrons. The van der Waals surface area contributed by atoms with Gasteiger partial charge in [-0.1, -0.05) is 13.8 Å². The minimum Gasteiger partial charge on any atom is -0.481 e. The molecule has 0 bridgehead atoms. The predicted molar refractivity (Wildman–Crippen MR) is 52.1 cm³/mol. The maximum atomic E-state index is 10.3. The second-order valence-electron chi connectivity index (χ2n) is 3.82. The van der Waals surface area contributed by atoms with Gasteiger partial charge in [0.15, 0.2) is 0 Å². The molecule has 2 N–H and O–H groups in total. The fraction of sp³-hybridized carbons (Fsp3) is 0.800. The second kappa shape index (κ2) is 6.40. The molecular weight excluding hydrogens is 184 g/mol. The van der Waals surface area contributed by atoms with Crippen LogP contribution >= 0.6 is 0 Å². The highest BCUT2D eigenvalue weighted by Gasteiger charge is 2.14. The Morgan fingerprint density at radius 2 is 1.21 bits per heavy atom. The van der Waals surface area contributed by atoms with E-state index in [2.05, 4.69) is 0 Å². The normalized spacial score (nSPS) is 14.7. The van der Waals surface area contributed by atoms with Crippen molar-refractivity contribution in [3.05, 3.63) is 0 Å². The lowest BCUT2D eigenvalue weighted by Crippen LogP contribution is -2.11. The number of hydrogen-bond donors (Lipinski definition) is 2. The van der Waals surface area contributed by atoms with E-state index in [9.17, 15) is 9.59 Å². The number of aliphatic carboxylic acids is 2. The third kappa shape index (κ3) is 6.46. The molecule has 14 heavy (non-hydrogen) atoms. The lowest BCUT2D eigenvalue weighted by molar-refractivity contribution is -0.138. The van der Waals surface area contributed by atoms with Gasteiger partial charge in [-0.2, -0.15) is 0 Å². The highest BCUT2D eigenvalue weighted by Crippen LogP contribution is 2.21. The number of hydrogen-bond acceptors (Lipinski definition) is 2. The summed E-state index contributed by atoms with van der Waals surface area (Å²) in [6.45, 7) is 3.94. The van der Waals surface area contributed by atoms with Crippen LogP contribution in [0.5, 0.6) is 0 Å². The Morgan fingerprint density at radius 3 is 1.43 bits per heavy atom. The summed E-state index contributed by atoms with van der Waals surface area (Å²) in [5.74, 6) is -1.04. The molecule has 0 aromatic carbocycles. The third-order valence-electron chi connectivity index (χ3n) is 2.60. The standard InChI is InChI=1S/C10H18O4/c1-7(3-5-9(11)12)8(2)4-6-10(13)14/h7-8H,3-6H2,1-2H3,(H,11,12)(H,13,14). The van der Waals surface area contributed by atoms with Gasteiger partial charge in [-0.25, -0.2) is 0 Å². The minimum absolute atomic E-state index is 0.165. The van der Waals surface area contributed by atoms with Crippen LogP contribution in [0.4, 0.5) is 0 Å². The molecule has 0 heterocycles. The van der Waals surface area contributed by atoms with Crippen LogP contribution in [0.2, 0.25) is 0 Å². The van der Waals surface area contributed by atoms with Gasteiger partial charge >= 0.3 is 11.9 Å². The van der Waals surface area contributed by atoms with Crippen LogP contribution in [0.25, 0.3) is 0 Å². The zero-order chi connectivity index (χ0) is 11.1. The molecule has 0 spiro atoms. The Hall–Kier alpha value is -1.06. The summed E-state index contributed by atoms with van der Waals surface area (Å²) in [5, 5.41) is 16.9. The lowest BCUT2D eigenvalue weighted by atomic mass is 9.88. The smallest absolute Gasteiger partial charge is 0.303 e. The van der Waals surface area contributed by atoms with E-state index < -0.39 is 11.9 Å². The van der Waals surface area contributed by atoms with Crippen molar-refractivity contribution < 1.29 is 19.8 Å². The minimum atomic E-state index is -0.790. The topological polar surface area (TPSA) is 74.6 Å². The largest absolute Gasteiger partial charge is 0.481 e. The molecule has 2 unspecified atom stereocenters. The summed E-state index contributed by atoms with van der Waals surface area (Å²) in [7, 11) is 0. The van der Waals surface area contributed by atoms with Crippen LogP contribution in [0.15, 0.2) is 0 Å². The highest BCUT2D eigenvalue weighted by atomic mass is 16.4. The molecule has 0 saturated heterocycles. The summed E-state index contributed by atoms with van der Waals surface area (Å²) in [5.41, 5.74) is 0. The Balaban J connectivity index is 3.69. The zero-order valence-electron chi connectivity index (χ0n) is 8.69. The molecule has 0 aromatic heterocycles. The third-order valence-corrected chi connectivity index (χ3v) is 2.60. The van der Waals surface area contributed by atoms with Gasteiger partial charge in [0, 0.05) is 12.8 Å². The molecule has 4 nitrogen and oxygen atoms in total. The van der Waals surface area contributed by atoms with E-state index in [1.807, 2.05) is 13.8 Å². The number of carboxylic acid groups (broad SMARTS) is 2. The molecule has 0 aromatic rings. The van der Waals surface area contributed by atoms with Crippen LogP contribution in [0.3, 0.4) is 0 Å². The maximum absolute atomic E-state index is 10.3. The van der Waals surface area contributed by atoms with E-state index in [4.69, 9.17) is 10.2 Å². The van der Waals surface area contributed by atoms with Gasteiger partial charge < -0.3 is 10.2 Å². The first-order valence-electron chi connectivity index (χ1n) is 4.87. The van der Waals surface area contributed by atoms with Crippen molar-refractivity contribution in [2.75, 3.05) is 0 Å². The summed E-state index contributed by atoms with van der Waals surface area (Å²) < 4.78 is 0. The second-order valence-corrected chi connectivity index (χ2v) is 3.82. The van der Waals surface area contributed by atoms with E-state index >= 15 is 0 Å². The summed E-state index contributed by atoms with van der Waals surface area (Å²) >= 11 is 0. The molecule has 0 saturated carbocycles. The van der Waals surface area contributed by atoms with E-state index in [1.165, 1.54) is 0 Å². The molecule has 2 atom stereocenters. The monoisotopic (exact) mass is 202 g/mol. The highest BCUT2D eigenvalue weighted by molar-refractivity contribution is 5.67. The van der Waals surface area contributed by atoms with Crippen molar-refractivity contribution in [3.63, 3.8) is 0 Å². The Morgan fingerprint density at radius 1 is 0.929 bits per heavy atom. The van der Waals surface area contributed by atoms with Crippen molar-refractivity contribution >= 4 is 11.9 Å². The number of carboxylic acids is 2. The van der Waals surface area contributed by atoms with Crippen molar-refractivity contribution in [1.29, 1.82) is 0 Å². The van der Waals surface area contributed by atoms with Gasteiger partial charge in [0.25, 0.3) is 0 Å². The predicted octanol–water partition coefficient (Wildman–Crippen LogP) is 1.99. The van der Waals surface area contributed by atoms with Crippen molar-refractivity contribution in [3.8, 4) is 0 Å². The van der Waals surface area contributed by atoms with Crippen LogP contribution in [-0.4, -0.2) is 22.2 Å². The van der Waals surface area contributed by atoms with Crippen LogP contribution in [0.1, 0.15) is 39.5 Å². The lowest BCUT2D eigenvalue weighted by Gasteiger charge is -2.17.